The summed E-state index contributed by atoms with van der Waals surface area (Å²) in [7, 11) is 0. The highest BCUT2D eigenvalue weighted by molar-refractivity contribution is 5.45. The molecule has 0 unspecified atom stereocenters. The minimum absolute atomic E-state index is 0.0367. The van der Waals surface area contributed by atoms with Crippen LogP contribution in [0.25, 0.3) is 0 Å². The lowest BCUT2D eigenvalue weighted by Gasteiger charge is -2.21. The van der Waals surface area contributed by atoms with Crippen molar-refractivity contribution in [2.45, 2.75) is 53.2 Å². The zero-order valence-electron chi connectivity index (χ0n) is 39.5. The zero-order chi connectivity index (χ0) is 45.6. The Labute approximate surface area is 383 Å². The molecule has 0 aliphatic rings. The highest BCUT2D eigenvalue weighted by Gasteiger charge is 2.17. The molecule has 14 nitrogen and oxygen atoms in total. The molecular weight excluding hydrogens is 825 g/mol. The van der Waals surface area contributed by atoms with E-state index in [1.807, 2.05) is 12.1 Å². The maximum atomic E-state index is 6.10. The maximum absolute atomic E-state index is 6.10. The average molecular weight is 903 g/mol. The van der Waals surface area contributed by atoms with Crippen LogP contribution in [0.4, 0.5) is 0 Å². The number of benzene rings is 3. The standard InChI is InChI=1S/C50H78O14/c1-43-6-10-45(11-7-43)41-61-34-32-57-26-24-53-18-16-51-20-22-55-28-30-59-36-38-63-48-15-14-47(50(3,4)5)40-49(48)64-39-37-60-31-29-56-23-21-52-17-19-54-25-27-58-33-35-62-42-46-12-8-44(2)9-13-46/h6-15,40H,16-39,41-42H2,1-5H3. The predicted molar refractivity (Wildman–Crippen MR) is 246 cm³/mol. The Morgan fingerprint density at radius 3 is 0.859 bits per heavy atom. The highest BCUT2D eigenvalue weighted by atomic mass is 16.6. The van der Waals surface area contributed by atoms with Crippen molar-refractivity contribution >= 4 is 0 Å². The molecule has 3 aromatic carbocycles. The van der Waals surface area contributed by atoms with Gasteiger partial charge >= 0.3 is 0 Å². The molecule has 0 radical (unpaired) electrons. The van der Waals surface area contributed by atoms with Crippen LogP contribution >= 0.6 is 0 Å². The lowest BCUT2D eigenvalue weighted by molar-refractivity contribution is -0.0189. The molecule has 0 aliphatic heterocycles. The molecule has 0 bridgehead atoms. The molecule has 0 amide bonds. The summed E-state index contributed by atoms with van der Waals surface area (Å²) in [6, 6.07) is 22.7. The third-order valence-corrected chi connectivity index (χ3v) is 9.28. The first-order valence-corrected chi connectivity index (χ1v) is 22.8. The first kappa shape index (κ1) is 55.1. The fourth-order valence-corrected chi connectivity index (χ4v) is 5.58. The first-order valence-electron chi connectivity index (χ1n) is 22.8. The van der Waals surface area contributed by atoms with Crippen LogP contribution in [-0.4, -0.2) is 159 Å². The van der Waals surface area contributed by atoms with E-state index in [-0.39, 0.29) is 5.41 Å². The number of hydrogen-bond acceptors (Lipinski definition) is 14. The van der Waals surface area contributed by atoms with Gasteiger partial charge in [-0.15, -0.1) is 0 Å². The van der Waals surface area contributed by atoms with Crippen molar-refractivity contribution in [2.75, 3.05) is 159 Å². The molecule has 362 valence electrons. The zero-order valence-corrected chi connectivity index (χ0v) is 39.5. The Balaban J connectivity index is 1.06. The smallest absolute Gasteiger partial charge is 0.161 e. The van der Waals surface area contributed by atoms with Gasteiger partial charge in [0, 0.05) is 0 Å². The van der Waals surface area contributed by atoms with Gasteiger partial charge in [-0.1, -0.05) is 86.5 Å². The summed E-state index contributed by atoms with van der Waals surface area (Å²) >= 11 is 0. The molecule has 0 aliphatic carbocycles. The van der Waals surface area contributed by atoms with E-state index in [0.717, 1.165) is 16.7 Å². The lowest BCUT2D eigenvalue weighted by Crippen LogP contribution is -2.16. The van der Waals surface area contributed by atoms with Crippen LogP contribution in [0.15, 0.2) is 66.7 Å². The van der Waals surface area contributed by atoms with Crippen molar-refractivity contribution < 1.29 is 66.3 Å². The minimum Gasteiger partial charge on any atom is -0.487 e. The van der Waals surface area contributed by atoms with Crippen LogP contribution in [0.2, 0.25) is 0 Å². The second kappa shape index (κ2) is 36.9. The number of aryl methyl sites for hydroxylation is 2. The van der Waals surface area contributed by atoms with Crippen LogP contribution in [0.5, 0.6) is 11.5 Å². The molecular formula is C50H78O14. The Morgan fingerprint density at radius 1 is 0.297 bits per heavy atom. The van der Waals surface area contributed by atoms with Crippen molar-refractivity contribution in [3.8, 4) is 11.5 Å². The average Bonchev–Trinajstić information content (AvgIpc) is 3.28. The van der Waals surface area contributed by atoms with E-state index in [1.165, 1.54) is 11.1 Å². The van der Waals surface area contributed by atoms with E-state index in [0.29, 0.717) is 183 Å². The van der Waals surface area contributed by atoms with Gasteiger partial charge in [-0.05, 0) is 48.1 Å². The molecule has 0 saturated heterocycles. The monoisotopic (exact) mass is 903 g/mol. The van der Waals surface area contributed by atoms with E-state index in [2.05, 4.69) is 89.2 Å². The first-order chi connectivity index (χ1) is 31.3. The minimum atomic E-state index is -0.0367. The van der Waals surface area contributed by atoms with Gasteiger partial charge in [0.1, 0.15) is 13.2 Å². The topological polar surface area (TPSA) is 129 Å². The fourth-order valence-electron chi connectivity index (χ4n) is 5.58. The third-order valence-electron chi connectivity index (χ3n) is 9.28. The molecule has 0 aromatic heterocycles. The predicted octanol–water partition coefficient (Wildman–Crippen LogP) is 6.96. The van der Waals surface area contributed by atoms with Crippen LogP contribution in [-0.2, 0) is 75.5 Å². The molecule has 0 saturated carbocycles. The summed E-state index contributed by atoms with van der Waals surface area (Å²) in [6.45, 7) is 23.5. The fraction of sp³-hybridized carbons (Fsp3) is 0.640. The van der Waals surface area contributed by atoms with Gasteiger partial charge in [0.05, 0.1) is 159 Å². The van der Waals surface area contributed by atoms with Gasteiger partial charge in [0.15, 0.2) is 11.5 Å². The van der Waals surface area contributed by atoms with Crippen LogP contribution < -0.4 is 9.47 Å². The van der Waals surface area contributed by atoms with Gasteiger partial charge in [-0.2, -0.15) is 0 Å². The second-order valence-corrected chi connectivity index (χ2v) is 15.8. The summed E-state index contributed by atoms with van der Waals surface area (Å²) in [6.07, 6.45) is 0. The maximum Gasteiger partial charge on any atom is 0.161 e. The SMILES string of the molecule is Cc1ccc(COCCOCCOCCOCCOCCOCCOc2ccc(C(C)(C)C)cc2OCCOCCOCCOCCOCCOCCOCc2ccc(C)cc2)cc1. The van der Waals surface area contributed by atoms with E-state index in [4.69, 9.17) is 66.3 Å². The molecule has 3 rings (SSSR count). The quantitative estimate of drug-likeness (QED) is 0.0544. The summed E-state index contributed by atoms with van der Waals surface area (Å²) in [4.78, 5) is 0. The summed E-state index contributed by atoms with van der Waals surface area (Å²) in [5.74, 6) is 1.34. The third kappa shape index (κ3) is 29.3. The number of hydrogen-bond donors (Lipinski definition) is 0. The Bertz CT molecular complexity index is 1520. The summed E-state index contributed by atoms with van der Waals surface area (Å²) in [5, 5.41) is 0. The van der Waals surface area contributed by atoms with Gasteiger partial charge in [-0.25, -0.2) is 0 Å². The van der Waals surface area contributed by atoms with Crippen molar-refractivity contribution in [1.82, 2.24) is 0 Å². The molecule has 0 heterocycles. The molecule has 0 atom stereocenters. The van der Waals surface area contributed by atoms with E-state index >= 15 is 0 Å². The molecule has 0 fully saturated rings. The van der Waals surface area contributed by atoms with Gasteiger partial charge in [-0.3, -0.25) is 0 Å². The summed E-state index contributed by atoms with van der Waals surface area (Å²) < 4.78 is 79.4. The Kier molecular flexibility index (Phi) is 31.8. The molecule has 64 heavy (non-hydrogen) atoms. The molecule has 3 aromatic rings. The van der Waals surface area contributed by atoms with Gasteiger partial charge in [0.25, 0.3) is 0 Å². The Morgan fingerprint density at radius 2 is 0.562 bits per heavy atom. The summed E-state index contributed by atoms with van der Waals surface area (Å²) in [5.41, 5.74) is 5.93. The number of ether oxygens (including phenoxy) is 14. The number of rotatable bonds is 42. The van der Waals surface area contributed by atoms with Crippen molar-refractivity contribution in [1.29, 1.82) is 0 Å². The van der Waals surface area contributed by atoms with E-state index in [9.17, 15) is 0 Å². The van der Waals surface area contributed by atoms with Crippen LogP contribution in [0, 0.1) is 13.8 Å². The lowest BCUT2D eigenvalue weighted by atomic mass is 9.87. The largest absolute Gasteiger partial charge is 0.487 e. The van der Waals surface area contributed by atoms with Gasteiger partial charge < -0.3 is 66.3 Å². The second-order valence-electron chi connectivity index (χ2n) is 15.8. The van der Waals surface area contributed by atoms with Crippen molar-refractivity contribution in [3.05, 3.63) is 94.5 Å². The van der Waals surface area contributed by atoms with Crippen molar-refractivity contribution in [3.63, 3.8) is 0 Å². The van der Waals surface area contributed by atoms with E-state index in [1.54, 1.807) is 0 Å². The van der Waals surface area contributed by atoms with Crippen LogP contribution in [0.1, 0.15) is 48.6 Å². The molecule has 0 spiro atoms. The van der Waals surface area contributed by atoms with E-state index < -0.39 is 0 Å². The van der Waals surface area contributed by atoms with Crippen LogP contribution in [0.3, 0.4) is 0 Å². The molecule has 0 N–H and O–H groups in total. The van der Waals surface area contributed by atoms with Gasteiger partial charge in [0.2, 0.25) is 0 Å². The normalized spacial score (nSPS) is 11.7. The van der Waals surface area contributed by atoms with Crippen molar-refractivity contribution in [2.24, 2.45) is 0 Å². The Hall–Kier alpha value is -3.22. The highest BCUT2D eigenvalue weighted by Crippen LogP contribution is 2.33. The molecule has 14 heteroatoms.